The number of aromatic hydroxyl groups is 3. The zero-order valence-electron chi connectivity index (χ0n) is 28.7. The summed E-state index contributed by atoms with van der Waals surface area (Å²) in [5.74, 6) is -1.74. The first-order valence-corrected chi connectivity index (χ1v) is 16.9. The number of ether oxygens (including phenoxy) is 7. The Morgan fingerprint density at radius 2 is 1.34 bits per heavy atom. The number of benzene rings is 2. The van der Waals surface area contributed by atoms with Crippen LogP contribution in [0, 0.1) is 0 Å². The van der Waals surface area contributed by atoms with Crippen LogP contribution in [0.3, 0.4) is 0 Å². The van der Waals surface area contributed by atoms with Crippen LogP contribution >= 0.6 is 0 Å². The molecule has 3 aliphatic heterocycles. The van der Waals surface area contributed by atoms with Crippen LogP contribution in [0.25, 0.3) is 6.08 Å². The number of carbonyl (C=O) groups is 1. The Kier molecular flexibility index (Phi) is 13.7. The topological polar surface area (TPSA) is 284 Å². The van der Waals surface area contributed by atoms with Gasteiger partial charge in [0.25, 0.3) is 0 Å². The van der Waals surface area contributed by atoms with E-state index in [9.17, 15) is 55.9 Å². The van der Waals surface area contributed by atoms with Crippen molar-refractivity contribution in [1.82, 2.24) is 0 Å². The minimum atomic E-state index is -1.89. The monoisotopic (exact) mass is 754 g/mol. The molecule has 0 radical (unpaired) electrons. The molecule has 0 amide bonds. The van der Waals surface area contributed by atoms with Crippen LogP contribution < -0.4 is 0 Å². The molecule has 3 fully saturated rings. The van der Waals surface area contributed by atoms with E-state index in [4.69, 9.17) is 33.2 Å². The van der Waals surface area contributed by atoms with Crippen LogP contribution in [-0.4, -0.2) is 162 Å². The zero-order chi connectivity index (χ0) is 38.6. The normalized spacial score (nSPS) is 37.8. The van der Waals surface area contributed by atoms with Gasteiger partial charge in [-0.3, -0.25) is 0 Å². The van der Waals surface area contributed by atoms with E-state index in [1.165, 1.54) is 50.3 Å². The van der Waals surface area contributed by atoms with Crippen LogP contribution in [0.1, 0.15) is 25.0 Å². The average molecular weight is 755 g/mol. The summed E-state index contributed by atoms with van der Waals surface area (Å²) >= 11 is 0. The number of aliphatic hydroxyl groups is 7. The van der Waals surface area contributed by atoms with E-state index in [1.807, 2.05) is 0 Å². The fraction of sp³-hybridized carbons (Fsp3) is 0.571. The van der Waals surface area contributed by atoms with Crippen molar-refractivity contribution in [3.8, 4) is 17.2 Å². The van der Waals surface area contributed by atoms with E-state index >= 15 is 0 Å². The van der Waals surface area contributed by atoms with Gasteiger partial charge < -0.3 is 84.2 Å². The van der Waals surface area contributed by atoms with Crippen molar-refractivity contribution < 1.29 is 89.0 Å². The highest BCUT2D eigenvalue weighted by Crippen LogP contribution is 2.34. The SMILES string of the molecule is C[C@@H]1O[C@@H](O[C@@H]2[C@@H](O)[C@@H](O)[C@H](O[C@@H]3[C@@H](O)[C@H](OCCc4ccc(O)cc4)O[C@H](CO)[C@H]3OC(=O)C=Cc3ccc(O)c(O)c3)O[C@H]2C)[C@H](O)[C@H](O)[C@H]1O. The number of esters is 1. The predicted molar refractivity (Wildman–Crippen MR) is 177 cm³/mol. The van der Waals surface area contributed by atoms with E-state index in [0.717, 1.165) is 11.6 Å². The van der Waals surface area contributed by atoms with Crippen LogP contribution in [0.4, 0.5) is 0 Å². The molecule has 0 aromatic heterocycles. The van der Waals surface area contributed by atoms with Gasteiger partial charge in [0.2, 0.25) is 0 Å². The van der Waals surface area contributed by atoms with Crippen LogP contribution in [-0.2, 0) is 44.4 Å². The number of hydrogen-bond donors (Lipinski definition) is 10. The van der Waals surface area contributed by atoms with E-state index in [-0.39, 0.29) is 18.1 Å². The summed E-state index contributed by atoms with van der Waals surface area (Å²) in [5, 5.41) is 103. The third-order valence-corrected chi connectivity index (χ3v) is 9.24. The third kappa shape index (κ3) is 9.62. The van der Waals surface area contributed by atoms with E-state index < -0.39 is 110 Å². The first kappa shape index (κ1) is 40.7. The fourth-order valence-electron chi connectivity index (χ4n) is 6.16. The Labute approximate surface area is 303 Å². The number of aliphatic hydroxyl groups excluding tert-OH is 7. The molecule has 53 heavy (non-hydrogen) atoms. The summed E-state index contributed by atoms with van der Waals surface area (Å²) in [5.41, 5.74) is 1.10. The van der Waals surface area contributed by atoms with Gasteiger partial charge in [-0.25, -0.2) is 4.79 Å². The van der Waals surface area contributed by atoms with Crippen molar-refractivity contribution in [3.05, 3.63) is 59.7 Å². The molecule has 294 valence electrons. The maximum Gasteiger partial charge on any atom is 0.331 e. The van der Waals surface area contributed by atoms with Crippen molar-refractivity contribution in [3.63, 3.8) is 0 Å². The standard InChI is InChI=1S/C35H46O18/c1-15-24(41)25(42)27(44)34(48-15)52-30-16(2)49-35(28(45)26(30)43)53-32-29(46)33(47-12-11-17-3-7-19(37)8-4-17)50-22(14-36)31(32)51-23(40)10-6-18-5-9-20(38)21(39)13-18/h3-10,13,15-16,22,24-39,41-46H,11-12,14H2,1-2H3/t15-,16-,22+,24-,25+,26-,27+,28+,29+,30-,31+,32+,33+,34-,35-/m0/s1. The Bertz CT molecular complexity index is 1520. The lowest BCUT2D eigenvalue weighted by Gasteiger charge is -2.48. The average Bonchev–Trinajstić information content (AvgIpc) is 3.13. The summed E-state index contributed by atoms with van der Waals surface area (Å²) < 4.78 is 40.1. The molecule has 0 aliphatic carbocycles. The zero-order valence-corrected chi connectivity index (χ0v) is 28.7. The summed E-state index contributed by atoms with van der Waals surface area (Å²) in [4.78, 5) is 13.0. The summed E-state index contributed by atoms with van der Waals surface area (Å²) in [7, 11) is 0. The molecule has 0 unspecified atom stereocenters. The molecule has 5 rings (SSSR count). The number of phenols is 3. The number of rotatable bonds is 12. The third-order valence-electron chi connectivity index (χ3n) is 9.24. The van der Waals surface area contributed by atoms with Crippen molar-refractivity contribution in [2.75, 3.05) is 13.2 Å². The molecule has 0 spiro atoms. The highest BCUT2D eigenvalue weighted by molar-refractivity contribution is 5.87. The highest BCUT2D eigenvalue weighted by Gasteiger charge is 2.54. The molecule has 15 atom stereocenters. The van der Waals surface area contributed by atoms with E-state index in [2.05, 4.69) is 0 Å². The van der Waals surface area contributed by atoms with E-state index in [0.29, 0.717) is 12.0 Å². The second-order valence-electron chi connectivity index (χ2n) is 13.1. The van der Waals surface area contributed by atoms with E-state index in [1.54, 1.807) is 12.1 Å². The predicted octanol–water partition coefficient (Wildman–Crippen LogP) is -1.87. The molecule has 18 heteroatoms. The Hall–Kier alpha value is -3.47. The van der Waals surface area contributed by atoms with Gasteiger partial charge in [0.15, 0.2) is 36.5 Å². The van der Waals surface area contributed by atoms with Gasteiger partial charge in [-0.05, 0) is 61.7 Å². The minimum Gasteiger partial charge on any atom is -0.508 e. The van der Waals surface area contributed by atoms with Crippen LogP contribution in [0.5, 0.6) is 17.2 Å². The van der Waals surface area contributed by atoms with Gasteiger partial charge >= 0.3 is 5.97 Å². The summed E-state index contributed by atoms with van der Waals surface area (Å²) in [6.45, 7) is 2.10. The second-order valence-corrected chi connectivity index (χ2v) is 13.1. The summed E-state index contributed by atoms with van der Waals surface area (Å²) in [6.07, 6.45) is -20.2. The molecule has 0 bridgehead atoms. The molecule has 0 saturated carbocycles. The van der Waals surface area contributed by atoms with Gasteiger partial charge in [0.1, 0.15) is 60.7 Å². The summed E-state index contributed by atoms with van der Waals surface area (Å²) in [6, 6.07) is 10.1. The van der Waals surface area contributed by atoms with Crippen LogP contribution in [0.15, 0.2) is 48.5 Å². The molecule has 18 nitrogen and oxygen atoms in total. The highest BCUT2D eigenvalue weighted by atomic mass is 16.8. The molecular weight excluding hydrogens is 708 g/mol. The molecule has 2 aromatic rings. The van der Waals surface area contributed by atoms with Gasteiger partial charge in [-0.15, -0.1) is 0 Å². The maximum atomic E-state index is 13.0. The lowest BCUT2D eigenvalue weighted by molar-refractivity contribution is -0.375. The molecule has 2 aromatic carbocycles. The molecule has 10 N–H and O–H groups in total. The lowest BCUT2D eigenvalue weighted by Crippen LogP contribution is -2.66. The smallest absolute Gasteiger partial charge is 0.331 e. The maximum absolute atomic E-state index is 13.0. The van der Waals surface area contributed by atoms with Gasteiger partial charge in [0.05, 0.1) is 25.4 Å². The Morgan fingerprint density at radius 3 is 2.00 bits per heavy atom. The molecular formula is C35H46O18. The number of phenolic OH excluding ortho intramolecular Hbond substituents is 3. The fourth-order valence-corrected chi connectivity index (χ4v) is 6.16. The largest absolute Gasteiger partial charge is 0.508 e. The van der Waals surface area contributed by atoms with Gasteiger partial charge in [-0.1, -0.05) is 18.2 Å². The lowest BCUT2D eigenvalue weighted by atomic mass is 9.96. The Morgan fingerprint density at radius 1 is 0.698 bits per heavy atom. The molecule has 3 saturated heterocycles. The Balaban J connectivity index is 1.32. The van der Waals surface area contributed by atoms with Crippen molar-refractivity contribution in [1.29, 1.82) is 0 Å². The van der Waals surface area contributed by atoms with Crippen LogP contribution in [0.2, 0.25) is 0 Å². The van der Waals surface area contributed by atoms with Gasteiger partial charge in [0, 0.05) is 6.08 Å². The first-order chi connectivity index (χ1) is 25.2. The quantitative estimate of drug-likeness (QED) is 0.0645. The second kappa shape index (κ2) is 17.8. The minimum absolute atomic E-state index is 0.0131. The molecule has 3 heterocycles. The first-order valence-electron chi connectivity index (χ1n) is 16.9. The van der Waals surface area contributed by atoms with Gasteiger partial charge in [-0.2, -0.15) is 0 Å². The number of hydrogen-bond acceptors (Lipinski definition) is 18. The van der Waals surface area contributed by atoms with Crippen molar-refractivity contribution in [2.45, 2.75) is 112 Å². The number of carbonyl (C=O) groups excluding carboxylic acids is 1. The van der Waals surface area contributed by atoms with Crippen molar-refractivity contribution >= 4 is 12.0 Å². The molecule has 3 aliphatic rings. The van der Waals surface area contributed by atoms with Crippen molar-refractivity contribution in [2.24, 2.45) is 0 Å².